The molecule has 1 aliphatic rings. The van der Waals surface area contributed by atoms with Gasteiger partial charge in [0.1, 0.15) is 22.5 Å². The van der Waals surface area contributed by atoms with Crippen LogP contribution in [0, 0.1) is 13.8 Å². The van der Waals surface area contributed by atoms with Crippen molar-refractivity contribution < 1.29 is 19.1 Å². The normalized spacial score (nSPS) is 18.2. The van der Waals surface area contributed by atoms with Gasteiger partial charge in [-0.1, -0.05) is 18.2 Å². The third-order valence-electron chi connectivity index (χ3n) is 5.32. The lowest BCUT2D eigenvalue weighted by Crippen LogP contribution is -2.44. The number of hydrogen-bond acceptors (Lipinski definition) is 8. The third kappa shape index (κ3) is 5.82. The molecule has 1 amide bonds. The highest BCUT2D eigenvalue weighted by atomic mass is 32.1. The summed E-state index contributed by atoms with van der Waals surface area (Å²) >= 11 is 3.05. The Balaban J connectivity index is 1.50. The molecule has 34 heavy (non-hydrogen) atoms. The van der Waals surface area contributed by atoms with Crippen LogP contribution in [0.1, 0.15) is 42.9 Å². The van der Waals surface area contributed by atoms with Gasteiger partial charge in [0, 0.05) is 11.8 Å². The predicted molar refractivity (Wildman–Crippen MR) is 134 cm³/mol. The van der Waals surface area contributed by atoms with Gasteiger partial charge < -0.3 is 9.47 Å². The maximum Gasteiger partial charge on any atom is 0.411 e. The molecule has 0 spiro atoms. The summed E-state index contributed by atoms with van der Waals surface area (Å²) in [5.74, 6) is 0.646. The molecule has 2 aromatic heterocycles. The molecule has 3 aromatic rings. The molecule has 0 aliphatic carbocycles. The molecule has 0 N–H and O–H groups in total. The SMILES string of the molecule is Cc1nc(C)c(-c2csc(CC(=O)[C@@H]3C[C@@H](Oc4ccccc4)CN3C(=O)OC(C)(C)C)n2)s1. The van der Waals surface area contributed by atoms with Gasteiger partial charge in [0.05, 0.1) is 40.3 Å². The van der Waals surface area contributed by atoms with Crippen molar-refractivity contribution in [3.8, 4) is 16.3 Å². The fourth-order valence-electron chi connectivity index (χ4n) is 3.93. The third-order valence-corrected chi connectivity index (χ3v) is 7.27. The monoisotopic (exact) mass is 499 g/mol. The number of carbonyl (C=O) groups is 2. The minimum absolute atomic E-state index is 0.0665. The van der Waals surface area contributed by atoms with E-state index in [-0.39, 0.29) is 18.3 Å². The second-order valence-corrected chi connectivity index (χ2v) is 11.5. The zero-order chi connectivity index (χ0) is 24.5. The number of thiazole rings is 2. The summed E-state index contributed by atoms with van der Waals surface area (Å²) in [6.45, 7) is 9.68. The van der Waals surface area contributed by atoms with E-state index in [1.807, 2.05) is 70.3 Å². The van der Waals surface area contributed by atoms with E-state index in [0.717, 1.165) is 26.3 Å². The number of aryl methyl sites for hydroxylation is 2. The van der Waals surface area contributed by atoms with E-state index in [1.54, 1.807) is 11.3 Å². The Hall–Kier alpha value is -2.78. The van der Waals surface area contributed by atoms with Crippen molar-refractivity contribution in [2.75, 3.05) is 6.54 Å². The summed E-state index contributed by atoms with van der Waals surface area (Å²) in [5.41, 5.74) is 1.13. The number of hydrogen-bond donors (Lipinski definition) is 0. The van der Waals surface area contributed by atoms with E-state index in [1.165, 1.54) is 16.2 Å². The van der Waals surface area contributed by atoms with Gasteiger partial charge in [-0.05, 0) is 46.8 Å². The Bertz CT molecular complexity index is 1170. The summed E-state index contributed by atoms with van der Waals surface area (Å²) in [7, 11) is 0. The van der Waals surface area contributed by atoms with Crippen LogP contribution in [0.4, 0.5) is 4.79 Å². The number of Topliss-reactive ketones (excluding diaryl/α,β-unsaturated/α-hetero) is 1. The summed E-state index contributed by atoms with van der Waals surface area (Å²) in [4.78, 5) is 38.0. The highest BCUT2D eigenvalue weighted by molar-refractivity contribution is 7.16. The molecule has 1 aliphatic heterocycles. The first-order valence-electron chi connectivity index (χ1n) is 11.2. The molecule has 1 saturated heterocycles. The first kappa shape index (κ1) is 24.3. The number of benzene rings is 1. The topological polar surface area (TPSA) is 81.6 Å². The Morgan fingerprint density at radius 2 is 1.88 bits per heavy atom. The van der Waals surface area contributed by atoms with Crippen molar-refractivity contribution in [2.24, 2.45) is 0 Å². The van der Waals surface area contributed by atoms with E-state index in [2.05, 4.69) is 9.97 Å². The highest BCUT2D eigenvalue weighted by Crippen LogP contribution is 2.32. The quantitative estimate of drug-likeness (QED) is 0.448. The van der Waals surface area contributed by atoms with Crippen LogP contribution < -0.4 is 4.74 Å². The number of likely N-dealkylation sites (tertiary alicyclic amines) is 1. The van der Waals surface area contributed by atoms with Gasteiger partial charge in [-0.3, -0.25) is 9.69 Å². The number of amides is 1. The van der Waals surface area contributed by atoms with Crippen molar-refractivity contribution in [2.45, 2.75) is 65.2 Å². The lowest BCUT2D eigenvalue weighted by molar-refractivity contribution is -0.122. The van der Waals surface area contributed by atoms with E-state index >= 15 is 0 Å². The average molecular weight is 500 g/mol. The van der Waals surface area contributed by atoms with Gasteiger partial charge in [0.2, 0.25) is 0 Å². The zero-order valence-electron chi connectivity index (χ0n) is 20.0. The Kier molecular flexibility index (Phi) is 7.04. The van der Waals surface area contributed by atoms with E-state index in [9.17, 15) is 9.59 Å². The van der Waals surface area contributed by atoms with Crippen molar-refractivity contribution in [3.63, 3.8) is 0 Å². The molecular weight excluding hydrogens is 470 g/mol. The van der Waals surface area contributed by atoms with Crippen LogP contribution >= 0.6 is 22.7 Å². The van der Waals surface area contributed by atoms with Crippen molar-refractivity contribution in [1.29, 1.82) is 0 Å². The van der Waals surface area contributed by atoms with E-state index < -0.39 is 17.7 Å². The number of para-hydroxylation sites is 1. The Morgan fingerprint density at radius 3 is 2.53 bits per heavy atom. The van der Waals surface area contributed by atoms with Gasteiger partial charge in [-0.15, -0.1) is 22.7 Å². The fourth-order valence-corrected chi connectivity index (χ4v) is 5.68. The number of ketones is 1. The van der Waals surface area contributed by atoms with Gasteiger partial charge in [0.25, 0.3) is 0 Å². The van der Waals surface area contributed by atoms with Crippen LogP contribution in [0.25, 0.3) is 10.6 Å². The van der Waals surface area contributed by atoms with Gasteiger partial charge in [-0.2, -0.15) is 0 Å². The number of rotatable bonds is 6. The van der Waals surface area contributed by atoms with Gasteiger partial charge in [-0.25, -0.2) is 14.8 Å². The molecule has 3 heterocycles. The lowest BCUT2D eigenvalue weighted by atomic mass is 10.1. The summed E-state index contributed by atoms with van der Waals surface area (Å²) < 4.78 is 11.7. The van der Waals surface area contributed by atoms with Crippen LogP contribution in [-0.2, 0) is 16.0 Å². The number of aromatic nitrogens is 2. The standard InChI is InChI=1S/C25H29N3O4S2/c1-15-23(34-16(2)26-15)19-14-33-22(27-19)12-21(29)20-11-18(31-17-9-7-6-8-10-17)13-28(20)24(30)32-25(3,4)5/h6-10,14,18,20H,11-13H2,1-5H3/t18-,20+/m1/s1. The molecule has 2 atom stereocenters. The molecule has 0 radical (unpaired) electrons. The summed E-state index contributed by atoms with van der Waals surface area (Å²) in [6.07, 6.45) is -0.221. The van der Waals surface area contributed by atoms with Crippen LogP contribution in [0.15, 0.2) is 35.7 Å². The molecule has 1 fully saturated rings. The molecule has 7 nitrogen and oxygen atoms in total. The van der Waals surface area contributed by atoms with Crippen molar-refractivity contribution in [1.82, 2.24) is 14.9 Å². The average Bonchev–Trinajstić information content (AvgIpc) is 3.46. The van der Waals surface area contributed by atoms with E-state index in [0.29, 0.717) is 18.7 Å². The molecule has 180 valence electrons. The highest BCUT2D eigenvalue weighted by Gasteiger charge is 2.42. The second-order valence-electron chi connectivity index (χ2n) is 9.35. The molecule has 9 heteroatoms. The van der Waals surface area contributed by atoms with Crippen LogP contribution in [-0.4, -0.2) is 51.0 Å². The minimum Gasteiger partial charge on any atom is -0.488 e. The lowest BCUT2D eigenvalue weighted by Gasteiger charge is -2.27. The molecule has 0 unspecified atom stereocenters. The van der Waals surface area contributed by atoms with Crippen LogP contribution in [0.5, 0.6) is 5.75 Å². The van der Waals surface area contributed by atoms with Crippen LogP contribution in [0.2, 0.25) is 0 Å². The van der Waals surface area contributed by atoms with Crippen molar-refractivity contribution >= 4 is 34.6 Å². The second kappa shape index (κ2) is 9.84. The van der Waals surface area contributed by atoms with Gasteiger partial charge >= 0.3 is 6.09 Å². The molecule has 1 aromatic carbocycles. The predicted octanol–water partition coefficient (Wildman–Crippen LogP) is 5.45. The largest absolute Gasteiger partial charge is 0.488 e. The summed E-state index contributed by atoms with van der Waals surface area (Å²) in [5, 5.41) is 3.67. The molecule has 4 rings (SSSR count). The Morgan fingerprint density at radius 1 is 1.15 bits per heavy atom. The smallest absolute Gasteiger partial charge is 0.411 e. The number of ether oxygens (including phenoxy) is 2. The zero-order valence-corrected chi connectivity index (χ0v) is 21.7. The maximum absolute atomic E-state index is 13.4. The number of carbonyl (C=O) groups excluding carboxylic acids is 2. The first-order chi connectivity index (χ1) is 16.1. The fraction of sp³-hybridized carbons (Fsp3) is 0.440. The number of nitrogens with zero attached hydrogens (tertiary/aromatic N) is 3. The van der Waals surface area contributed by atoms with Gasteiger partial charge in [0.15, 0.2) is 5.78 Å². The van der Waals surface area contributed by atoms with E-state index in [4.69, 9.17) is 9.47 Å². The minimum atomic E-state index is -0.655. The molecular formula is C25H29N3O4S2. The Labute approximate surface area is 207 Å². The molecule has 0 bridgehead atoms. The maximum atomic E-state index is 13.4. The summed E-state index contributed by atoms with van der Waals surface area (Å²) in [6, 6.07) is 8.82. The first-order valence-corrected chi connectivity index (χ1v) is 12.9. The molecule has 0 saturated carbocycles. The van der Waals surface area contributed by atoms with Crippen molar-refractivity contribution in [3.05, 3.63) is 51.4 Å². The van der Waals surface area contributed by atoms with Crippen LogP contribution in [0.3, 0.4) is 0 Å².